The first-order chi connectivity index (χ1) is 7.86. The molecule has 0 atom stereocenters. The molecule has 16 heavy (non-hydrogen) atoms. The van der Waals surface area contributed by atoms with Crippen LogP contribution in [0.5, 0.6) is 5.75 Å². The van der Waals surface area contributed by atoms with Gasteiger partial charge in [-0.25, -0.2) is 0 Å². The van der Waals surface area contributed by atoms with E-state index in [9.17, 15) is 0 Å². The fraction of sp³-hybridized carbons (Fsp3) is 0.417. The van der Waals surface area contributed by atoms with E-state index >= 15 is 0 Å². The van der Waals surface area contributed by atoms with Crippen molar-refractivity contribution in [3.05, 3.63) is 29.8 Å². The van der Waals surface area contributed by atoms with E-state index < -0.39 is 0 Å². The number of nitriles is 1. The topological polar surface area (TPSA) is 42.2 Å². The van der Waals surface area contributed by atoms with Gasteiger partial charge in [0, 0.05) is 18.6 Å². The first-order valence-corrected chi connectivity index (χ1v) is 6.22. The molecule has 0 aliphatic carbocycles. The third-order valence-electron chi connectivity index (χ3n) is 1.91. The minimum atomic E-state index is 0.654. The lowest BCUT2D eigenvalue weighted by Crippen LogP contribution is -2.02. The Balaban J connectivity index is 2.15. The van der Waals surface area contributed by atoms with Gasteiger partial charge >= 0.3 is 0 Å². The number of ether oxygens (including phenoxy) is 2. The van der Waals surface area contributed by atoms with Crippen LogP contribution in [0.4, 0.5) is 0 Å². The SMILES string of the molecule is COCCSCCOc1ccc(C#N)cc1. The summed E-state index contributed by atoms with van der Waals surface area (Å²) >= 11 is 1.80. The van der Waals surface area contributed by atoms with Crippen molar-refractivity contribution in [1.29, 1.82) is 5.26 Å². The highest BCUT2D eigenvalue weighted by Crippen LogP contribution is 2.12. The van der Waals surface area contributed by atoms with Crippen LogP contribution in [0.3, 0.4) is 0 Å². The van der Waals surface area contributed by atoms with E-state index in [1.165, 1.54) is 0 Å². The third-order valence-corrected chi connectivity index (χ3v) is 2.82. The van der Waals surface area contributed by atoms with Gasteiger partial charge in [-0.2, -0.15) is 17.0 Å². The van der Waals surface area contributed by atoms with E-state index in [-0.39, 0.29) is 0 Å². The van der Waals surface area contributed by atoms with Gasteiger partial charge in [0.1, 0.15) is 5.75 Å². The van der Waals surface area contributed by atoms with Crippen LogP contribution in [0.1, 0.15) is 5.56 Å². The first kappa shape index (κ1) is 12.9. The number of methoxy groups -OCH3 is 1. The van der Waals surface area contributed by atoms with Crippen LogP contribution in [0, 0.1) is 11.3 Å². The zero-order valence-corrected chi connectivity index (χ0v) is 10.1. The largest absolute Gasteiger partial charge is 0.493 e. The second kappa shape index (κ2) is 8.03. The first-order valence-electron chi connectivity index (χ1n) is 5.06. The summed E-state index contributed by atoms with van der Waals surface area (Å²) in [6, 6.07) is 9.22. The molecule has 0 unspecified atom stereocenters. The average molecular weight is 237 g/mol. The van der Waals surface area contributed by atoms with Gasteiger partial charge in [0.05, 0.1) is 24.8 Å². The lowest BCUT2D eigenvalue weighted by atomic mass is 10.2. The minimum Gasteiger partial charge on any atom is -0.493 e. The Labute approximate surface area is 100 Å². The zero-order valence-electron chi connectivity index (χ0n) is 9.31. The van der Waals surface area contributed by atoms with Crippen molar-refractivity contribution >= 4 is 11.8 Å². The molecule has 0 N–H and O–H groups in total. The maximum absolute atomic E-state index is 8.62. The standard InChI is InChI=1S/C12H15NO2S/c1-14-6-8-16-9-7-15-12-4-2-11(10-13)3-5-12/h2-5H,6-9H2,1H3. The lowest BCUT2D eigenvalue weighted by Gasteiger charge is -2.05. The van der Waals surface area contributed by atoms with Crippen molar-refractivity contribution in [3.63, 3.8) is 0 Å². The number of rotatable bonds is 7. The molecule has 0 saturated carbocycles. The van der Waals surface area contributed by atoms with Gasteiger partial charge in [-0.1, -0.05) is 0 Å². The summed E-state index contributed by atoms with van der Waals surface area (Å²) in [5.74, 6) is 2.75. The molecule has 0 aromatic heterocycles. The molecule has 0 heterocycles. The molecular formula is C12H15NO2S. The summed E-state index contributed by atoms with van der Waals surface area (Å²) < 4.78 is 10.5. The fourth-order valence-corrected chi connectivity index (χ4v) is 1.78. The van der Waals surface area contributed by atoms with Crippen molar-refractivity contribution in [1.82, 2.24) is 0 Å². The fourth-order valence-electron chi connectivity index (χ4n) is 1.09. The summed E-state index contributed by atoms with van der Waals surface area (Å²) in [6.45, 7) is 1.46. The number of nitrogens with zero attached hydrogens (tertiary/aromatic N) is 1. The van der Waals surface area contributed by atoms with Gasteiger partial charge in [-0.3, -0.25) is 0 Å². The summed E-state index contributed by atoms with van der Waals surface area (Å²) in [5.41, 5.74) is 0.654. The van der Waals surface area contributed by atoms with Gasteiger partial charge in [-0.05, 0) is 24.3 Å². The maximum Gasteiger partial charge on any atom is 0.119 e. The van der Waals surface area contributed by atoms with Gasteiger partial charge in [-0.15, -0.1) is 0 Å². The second-order valence-electron chi connectivity index (χ2n) is 3.09. The Morgan fingerprint density at radius 3 is 2.50 bits per heavy atom. The predicted octanol–water partition coefficient (Wildman–Crippen LogP) is 2.32. The van der Waals surface area contributed by atoms with E-state index in [2.05, 4.69) is 6.07 Å². The zero-order chi connectivity index (χ0) is 11.6. The van der Waals surface area contributed by atoms with E-state index in [0.717, 1.165) is 23.9 Å². The van der Waals surface area contributed by atoms with Gasteiger partial charge in [0.15, 0.2) is 0 Å². The Kier molecular flexibility index (Phi) is 6.47. The molecule has 3 nitrogen and oxygen atoms in total. The second-order valence-corrected chi connectivity index (χ2v) is 4.31. The molecule has 0 fully saturated rings. The Bertz CT molecular complexity index is 332. The van der Waals surface area contributed by atoms with Gasteiger partial charge < -0.3 is 9.47 Å². The number of thioether (sulfide) groups is 1. The Hall–Kier alpha value is -1.18. The molecule has 0 aliphatic heterocycles. The van der Waals surface area contributed by atoms with Crippen LogP contribution in [-0.2, 0) is 4.74 Å². The van der Waals surface area contributed by atoms with Gasteiger partial charge in [0.25, 0.3) is 0 Å². The number of benzene rings is 1. The van der Waals surface area contributed by atoms with Crippen molar-refractivity contribution in [2.45, 2.75) is 0 Å². The molecule has 0 spiro atoms. The van der Waals surface area contributed by atoms with Crippen LogP contribution in [-0.4, -0.2) is 31.8 Å². The van der Waals surface area contributed by atoms with Crippen molar-refractivity contribution in [2.24, 2.45) is 0 Å². The molecule has 1 rings (SSSR count). The quantitative estimate of drug-likeness (QED) is 0.682. The van der Waals surface area contributed by atoms with Crippen LogP contribution >= 0.6 is 11.8 Å². The molecule has 0 radical (unpaired) electrons. The van der Waals surface area contributed by atoms with Crippen molar-refractivity contribution < 1.29 is 9.47 Å². The number of hydrogen-bond acceptors (Lipinski definition) is 4. The van der Waals surface area contributed by atoms with Crippen LogP contribution in [0.2, 0.25) is 0 Å². The molecule has 86 valence electrons. The van der Waals surface area contributed by atoms with Crippen LogP contribution < -0.4 is 4.74 Å². The number of hydrogen-bond donors (Lipinski definition) is 0. The Morgan fingerprint density at radius 1 is 1.19 bits per heavy atom. The summed E-state index contributed by atoms with van der Waals surface area (Å²) in [7, 11) is 1.70. The van der Waals surface area contributed by atoms with Crippen molar-refractivity contribution in [2.75, 3.05) is 31.8 Å². The lowest BCUT2D eigenvalue weighted by molar-refractivity contribution is 0.218. The smallest absolute Gasteiger partial charge is 0.119 e. The monoisotopic (exact) mass is 237 g/mol. The van der Waals surface area contributed by atoms with Crippen molar-refractivity contribution in [3.8, 4) is 11.8 Å². The minimum absolute atomic E-state index is 0.654. The normalized spacial score (nSPS) is 9.75. The predicted molar refractivity (Wildman–Crippen MR) is 65.9 cm³/mol. The molecule has 0 aliphatic rings. The molecule has 1 aromatic carbocycles. The molecule has 0 amide bonds. The van der Waals surface area contributed by atoms with E-state index in [4.69, 9.17) is 14.7 Å². The van der Waals surface area contributed by atoms with E-state index in [1.807, 2.05) is 12.1 Å². The maximum atomic E-state index is 8.62. The summed E-state index contributed by atoms with van der Waals surface area (Å²) in [6.07, 6.45) is 0. The Morgan fingerprint density at radius 2 is 1.88 bits per heavy atom. The highest BCUT2D eigenvalue weighted by Gasteiger charge is 1.95. The summed E-state index contributed by atoms with van der Waals surface area (Å²) in [5, 5.41) is 8.62. The van der Waals surface area contributed by atoms with E-state index in [0.29, 0.717) is 12.2 Å². The van der Waals surface area contributed by atoms with Crippen LogP contribution in [0.25, 0.3) is 0 Å². The van der Waals surface area contributed by atoms with E-state index in [1.54, 1.807) is 31.0 Å². The molecule has 4 heteroatoms. The molecule has 0 bridgehead atoms. The third kappa shape index (κ3) is 5.06. The average Bonchev–Trinajstić information content (AvgIpc) is 2.34. The van der Waals surface area contributed by atoms with Crippen LogP contribution in [0.15, 0.2) is 24.3 Å². The molecular weight excluding hydrogens is 222 g/mol. The molecule has 0 saturated heterocycles. The highest BCUT2D eigenvalue weighted by molar-refractivity contribution is 7.99. The molecule has 1 aromatic rings. The summed E-state index contributed by atoms with van der Waals surface area (Å²) in [4.78, 5) is 0. The van der Waals surface area contributed by atoms with Gasteiger partial charge in [0.2, 0.25) is 0 Å². The highest BCUT2D eigenvalue weighted by atomic mass is 32.2.